The lowest BCUT2D eigenvalue weighted by atomic mass is 10.3. The molecule has 0 aliphatic heterocycles. The Hall–Kier alpha value is -2.61. The van der Waals surface area contributed by atoms with E-state index < -0.39 is 0 Å². The van der Waals surface area contributed by atoms with Crippen molar-refractivity contribution in [2.75, 3.05) is 17.2 Å². The molecule has 0 fully saturated rings. The molecule has 2 aromatic heterocycles. The summed E-state index contributed by atoms with van der Waals surface area (Å²) in [5, 5.41) is 0.624. The molecule has 130 valence electrons. The minimum atomic E-state index is -0.273. The summed E-state index contributed by atoms with van der Waals surface area (Å²) in [6, 6.07) is 9.57. The Morgan fingerprint density at radius 3 is 2.72 bits per heavy atom. The number of aromatic amines is 1. The fraction of sp³-hybridized carbons (Fsp3) is 0.294. The van der Waals surface area contributed by atoms with Crippen LogP contribution in [0.15, 0.2) is 46.6 Å². The minimum Gasteiger partial charge on any atom is -0.312 e. The molecule has 0 radical (unpaired) electrons. The number of nitrogens with one attached hydrogen (secondary N) is 1. The summed E-state index contributed by atoms with van der Waals surface area (Å²) in [6.45, 7) is 5.12. The van der Waals surface area contributed by atoms with Gasteiger partial charge in [-0.05, 0) is 26.0 Å². The molecular formula is C17H19N5O2S. The number of carbonyl (C=O) groups excluding carboxylic acids is 1. The first kappa shape index (κ1) is 17.2. The molecule has 1 amide bonds. The van der Waals surface area contributed by atoms with Crippen LogP contribution in [0.2, 0.25) is 0 Å². The van der Waals surface area contributed by atoms with Crippen molar-refractivity contribution in [2.24, 2.45) is 0 Å². The van der Waals surface area contributed by atoms with E-state index in [1.807, 2.05) is 48.7 Å². The average molecular weight is 357 g/mol. The standard InChI is InChI=1S/C17H19N5O2S/c1-3-21(12-8-6-5-7-9-12)13(23)10-25-17-20-14-15(22(17)4-2)18-11-19-16(14)24/h5-9,11H,3-4,10H2,1-2H3,(H,18,19,24). The molecule has 0 saturated heterocycles. The first-order valence-electron chi connectivity index (χ1n) is 8.07. The third-order valence-corrected chi connectivity index (χ3v) is 4.79. The van der Waals surface area contributed by atoms with Crippen LogP contribution in [0.5, 0.6) is 0 Å². The summed E-state index contributed by atoms with van der Waals surface area (Å²) in [5.74, 6) is 0.236. The monoisotopic (exact) mass is 357 g/mol. The maximum absolute atomic E-state index is 12.6. The normalized spacial score (nSPS) is 11.0. The van der Waals surface area contributed by atoms with E-state index in [-0.39, 0.29) is 17.2 Å². The van der Waals surface area contributed by atoms with Gasteiger partial charge in [0.1, 0.15) is 0 Å². The summed E-state index contributed by atoms with van der Waals surface area (Å²) in [4.78, 5) is 37.3. The molecule has 0 aliphatic rings. The number of nitrogens with zero attached hydrogens (tertiary/aromatic N) is 4. The molecule has 0 unspecified atom stereocenters. The summed E-state index contributed by atoms with van der Waals surface area (Å²) in [5.41, 5.74) is 1.44. The number of benzene rings is 1. The van der Waals surface area contributed by atoms with E-state index >= 15 is 0 Å². The van der Waals surface area contributed by atoms with Crippen molar-refractivity contribution in [3.8, 4) is 0 Å². The van der Waals surface area contributed by atoms with Crippen molar-refractivity contribution in [1.82, 2.24) is 19.5 Å². The number of hydrogen-bond acceptors (Lipinski definition) is 5. The zero-order valence-corrected chi connectivity index (χ0v) is 14.9. The van der Waals surface area contributed by atoms with Gasteiger partial charge >= 0.3 is 0 Å². The van der Waals surface area contributed by atoms with Crippen molar-refractivity contribution in [2.45, 2.75) is 25.5 Å². The Morgan fingerprint density at radius 2 is 2.04 bits per heavy atom. The fourth-order valence-corrected chi connectivity index (χ4v) is 3.57. The van der Waals surface area contributed by atoms with Crippen molar-refractivity contribution in [1.29, 1.82) is 0 Å². The van der Waals surface area contributed by atoms with Gasteiger partial charge in [0.05, 0.1) is 12.1 Å². The van der Waals surface area contributed by atoms with E-state index in [4.69, 9.17) is 0 Å². The van der Waals surface area contributed by atoms with Gasteiger partial charge in [-0.25, -0.2) is 9.97 Å². The fourth-order valence-electron chi connectivity index (χ4n) is 2.64. The Bertz CT molecular complexity index is 935. The largest absolute Gasteiger partial charge is 0.312 e. The van der Waals surface area contributed by atoms with Crippen molar-refractivity contribution < 1.29 is 4.79 Å². The van der Waals surface area contributed by atoms with E-state index in [9.17, 15) is 9.59 Å². The van der Waals surface area contributed by atoms with Crippen LogP contribution in [0.25, 0.3) is 11.2 Å². The Balaban J connectivity index is 1.81. The average Bonchev–Trinajstić information content (AvgIpc) is 3.00. The summed E-state index contributed by atoms with van der Waals surface area (Å²) in [7, 11) is 0. The lowest BCUT2D eigenvalue weighted by Crippen LogP contribution is -2.32. The number of hydrogen-bond donors (Lipinski definition) is 1. The van der Waals surface area contributed by atoms with Gasteiger partial charge in [0.2, 0.25) is 5.91 Å². The molecule has 0 saturated carbocycles. The maximum Gasteiger partial charge on any atom is 0.278 e. The van der Waals surface area contributed by atoms with Gasteiger partial charge in [0.15, 0.2) is 16.3 Å². The number of aromatic nitrogens is 4. The van der Waals surface area contributed by atoms with Gasteiger partial charge < -0.3 is 14.5 Å². The smallest absolute Gasteiger partial charge is 0.278 e. The number of aryl methyl sites for hydroxylation is 1. The summed E-state index contributed by atoms with van der Waals surface area (Å²) < 4.78 is 1.85. The highest BCUT2D eigenvalue weighted by Gasteiger charge is 2.18. The quantitative estimate of drug-likeness (QED) is 0.684. The van der Waals surface area contributed by atoms with Gasteiger partial charge in [0.25, 0.3) is 5.56 Å². The second kappa shape index (κ2) is 7.52. The highest BCUT2D eigenvalue weighted by molar-refractivity contribution is 7.99. The molecule has 1 aromatic carbocycles. The number of fused-ring (bicyclic) bond motifs is 1. The lowest BCUT2D eigenvalue weighted by molar-refractivity contribution is -0.116. The number of thioether (sulfide) groups is 1. The van der Waals surface area contributed by atoms with Crippen LogP contribution in [0.3, 0.4) is 0 Å². The van der Waals surface area contributed by atoms with Crippen LogP contribution in [0.4, 0.5) is 5.69 Å². The van der Waals surface area contributed by atoms with Crippen LogP contribution in [0, 0.1) is 0 Å². The van der Waals surface area contributed by atoms with Crippen LogP contribution in [-0.4, -0.2) is 37.7 Å². The molecule has 25 heavy (non-hydrogen) atoms. The second-order valence-corrected chi connectivity index (χ2v) is 6.25. The van der Waals surface area contributed by atoms with Crippen molar-refractivity contribution in [3.63, 3.8) is 0 Å². The second-order valence-electron chi connectivity index (χ2n) is 5.30. The van der Waals surface area contributed by atoms with Gasteiger partial charge in [-0.1, -0.05) is 30.0 Å². The zero-order chi connectivity index (χ0) is 17.8. The van der Waals surface area contributed by atoms with E-state index in [1.54, 1.807) is 4.90 Å². The number of carbonyl (C=O) groups is 1. The van der Waals surface area contributed by atoms with Crippen LogP contribution < -0.4 is 10.5 Å². The topological polar surface area (TPSA) is 83.9 Å². The number of imidazole rings is 1. The molecule has 2 heterocycles. The molecule has 0 bridgehead atoms. The SMILES string of the molecule is CCN(C(=O)CSc1nc2c(=O)[nH]cnc2n1CC)c1ccccc1. The van der Waals surface area contributed by atoms with Crippen molar-refractivity contribution >= 4 is 34.5 Å². The highest BCUT2D eigenvalue weighted by Crippen LogP contribution is 2.22. The van der Waals surface area contributed by atoms with Crippen LogP contribution in [0.1, 0.15) is 13.8 Å². The maximum atomic E-state index is 12.6. The highest BCUT2D eigenvalue weighted by atomic mass is 32.2. The van der Waals surface area contributed by atoms with E-state index in [2.05, 4.69) is 15.0 Å². The van der Waals surface area contributed by atoms with Gasteiger partial charge in [-0.15, -0.1) is 0 Å². The van der Waals surface area contributed by atoms with E-state index in [0.29, 0.717) is 29.4 Å². The molecule has 8 heteroatoms. The number of anilines is 1. The number of H-pyrrole nitrogens is 1. The molecule has 0 spiro atoms. The van der Waals surface area contributed by atoms with Gasteiger partial charge in [-0.2, -0.15) is 0 Å². The first-order valence-corrected chi connectivity index (χ1v) is 9.06. The minimum absolute atomic E-state index is 0.00437. The van der Waals surface area contributed by atoms with Crippen LogP contribution in [-0.2, 0) is 11.3 Å². The molecule has 3 aromatic rings. The molecule has 1 N–H and O–H groups in total. The molecule has 0 aliphatic carbocycles. The number of amides is 1. The van der Waals surface area contributed by atoms with E-state index in [1.165, 1.54) is 18.1 Å². The first-order chi connectivity index (χ1) is 12.2. The van der Waals surface area contributed by atoms with Gasteiger partial charge in [-0.3, -0.25) is 9.59 Å². The lowest BCUT2D eigenvalue weighted by Gasteiger charge is -2.20. The molecular weight excluding hydrogens is 338 g/mol. The van der Waals surface area contributed by atoms with E-state index in [0.717, 1.165) is 5.69 Å². The summed E-state index contributed by atoms with van der Waals surface area (Å²) in [6.07, 6.45) is 1.37. The molecule has 0 atom stereocenters. The Morgan fingerprint density at radius 1 is 1.28 bits per heavy atom. The Kier molecular flexibility index (Phi) is 5.18. The predicted octanol–water partition coefficient (Wildman–Crippen LogP) is 2.28. The summed E-state index contributed by atoms with van der Waals surface area (Å²) >= 11 is 1.32. The predicted molar refractivity (Wildman–Crippen MR) is 99.0 cm³/mol. The third-order valence-electron chi connectivity index (χ3n) is 3.83. The molecule has 7 nitrogen and oxygen atoms in total. The zero-order valence-electron chi connectivity index (χ0n) is 14.1. The van der Waals surface area contributed by atoms with Crippen molar-refractivity contribution in [3.05, 3.63) is 47.0 Å². The van der Waals surface area contributed by atoms with Gasteiger partial charge in [0, 0.05) is 18.8 Å². The number of rotatable bonds is 6. The molecule has 3 rings (SSSR count). The third kappa shape index (κ3) is 3.43. The number of para-hydroxylation sites is 1. The Labute approximate surface area is 149 Å². The van der Waals surface area contributed by atoms with Crippen LogP contribution >= 0.6 is 11.8 Å².